The Kier molecular flexibility index (Phi) is 8.02. The van der Waals surface area contributed by atoms with Gasteiger partial charge in [-0.1, -0.05) is 6.07 Å². The zero-order chi connectivity index (χ0) is 29.0. The van der Waals surface area contributed by atoms with E-state index in [1.807, 2.05) is 11.8 Å². The molecule has 0 spiro atoms. The molecule has 12 heteroatoms. The van der Waals surface area contributed by atoms with Crippen LogP contribution < -0.4 is 20.3 Å². The zero-order valence-corrected chi connectivity index (χ0v) is 22.3. The van der Waals surface area contributed by atoms with Crippen molar-refractivity contribution in [3.8, 4) is 22.9 Å². The van der Waals surface area contributed by atoms with Gasteiger partial charge in [-0.3, -0.25) is 4.79 Å². The van der Waals surface area contributed by atoms with Crippen LogP contribution in [0.5, 0.6) is 11.6 Å². The molecule has 0 bridgehead atoms. The van der Waals surface area contributed by atoms with Crippen LogP contribution in [0.1, 0.15) is 21.5 Å². The number of benzene rings is 2. The topological polar surface area (TPSA) is 102 Å². The van der Waals surface area contributed by atoms with E-state index in [2.05, 4.69) is 25.6 Å². The van der Waals surface area contributed by atoms with E-state index < -0.39 is 17.6 Å². The number of halogens is 3. The first-order valence-corrected chi connectivity index (χ1v) is 12.8. The SMILES string of the molecule is CNc1nccc(-c2cccnc2Oc2cc(C(=O)Nc3cc(C(F)(F)F)ccc3N3CCOCC3)ccc2C)n1. The number of nitrogens with one attached hydrogen (secondary N) is 2. The van der Waals surface area contributed by atoms with Gasteiger partial charge in [0.25, 0.3) is 5.91 Å². The molecule has 1 saturated heterocycles. The number of anilines is 3. The van der Waals surface area contributed by atoms with E-state index in [4.69, 9.17) is 9.47 Å². The molecule has 1 fully saturated rings. The van der Waals surface area contributed by atoms with Crippen molar-refractivity contribution in [1.82, 2.24) is 15.0 Å². The van der Waals surface area contributed by atoms with Gasteiger partial charge in [0, 0.05) is 38.1 Å². The van der Waals surface area contributed by atoms with E-state index in [0.717, 1.165) is 17.7 Å². The number of pyridine rings is 1. The molecule has 9 nitrogen and oxygen atoms in total. The third-order valence-corrected chi connectivity index (χ3v) is 6.51. The minimum Gasteiger partial charge on any atom is -0.438 e. The molecule has 2 N–H and O–H groups in total. The summed E-state index contributed by atoms with van der Waals surface area (Å²) in [6, 6.07) is 13.4. The van der Waals surface area contributed by atoms with Crippen molar-refractivity contribution in [2.75, 3.05) is 48.9 Å². The van der Waals surface area contributed by atoms with Crippen LogP contribution in [0, 0.1) is 6.92 Å². The van der Waals surface area contributed by atoms with Crippen molar-refractivity contribution in [3.05, 3.63) is 83.7 Å². The highest BCUT2D eigenvalue weighted by Gasteiger charge is 2.32. The molecule has 4 aromatic rings. The second-order valence-corrected chi connectivity index (χ2v) is 9.24. The molecule has 0 radical (unpaired) electrons. The fourth-order valence-corrected chi connectivity index (χ4v) is 4.34. The van der Waals surface area contributed by atoms with Crippen molar-refractivity contribution < 1.29 is 27.4 Å². The van der Waals surface area contributed by atoms with Crippen LogP contribution in [0.4, 0.5) is 30.5 Å². The maximum Gasteiger partial charge on any atom is 0.416 e. The fraction of sp³-hybridized carbons (Fsp3) is 0.241. The third kappa shape index (κ3) is 6.38. The summed E-state index contributed by atoms with van der Waals surface area (Å²) in [4.78, 5) is 28.2. The van der Waals surface area contributed by atoms with Gasteiger partial charge >= 0.3 is 6.18 Å². The summed E-state index contributed by atoms with van der Waals surface area (Å²) in [5.41, 5.74) is 1.82. The number of morpholine rings is 1. The van der Waals surface area contributed by atoms with Gasteiger partial charge in [-0.05, 0) is 61.0 Å². The number of hydrogen-bond donors (Lipinski definition) is 2. The fourth-order valence-electron chi connectivity index (χ4n) is 4.34. The first-order valence-electron chi connectivity index (χ1n) is 12.8. The van der Waals surface area contributed by atoms with E-state index in [9.17, 15) is 18.0 Å². The van der Waals surface area contributed by atoms with E-state index in [1.54, 1.807) is 49.8 Å². The number of alkyl halides is 3. The summed E-state index contributed by atoms with van der Waals surface area (Å²) < 4.78 is 52.1. The standard InChI is InChI=1S/C29H27F3N6O3/c1-18-5-6-19(16-25(18)41-27-21(4-3-10-34-27)22-9-11-35-28(33-2)37-22)26(39)36-23-17-20(29(30,31)32)7-8-24(23)38-12-14-40-15-13-38/h3-11,16-17H,12-15H2,1-2H3,(H,36,39)(H,33,35,37). The lowest BCUT2D eigenvalue weighted by Crippen LogP contribution is -2.36. The number of carbonyl (C=O) groups is 1. The molecular weight excluding hydrogens is 537 g/mol. The number of ether oxygens (including phenoxy) is 2. The Bertz CT molecular complexity index is 1560. The molecule has 0 unspecified atom stereocenters. The normalized spacial score (nSPS) is 13.5. The summed E-state index contributed by atoms with van der Waals surface area (Å²) in [5.74, 6) is 0.469. The lowest BCUT2D eigenvalue weighted by Gasteiger charge is -2.31. The second-order valence-electron chi connectivity index (χ2n) is 9.24. The van der Waals surface area contributed by atoms with Crippen LogP contribution in [0.2, 0.25) is 0 Å². The van der Waals surface area contributed by atoms with E-state index in [1.165, 1.54) is 12.1 Å². The Labute approximate surface area is 234 Å². The first kappa shape index (κ1) is 27.8. The van der Waals surface area contributed by atoms with Crippen LogP contribution in [-0.4, -0.2) is 54.2 Å². The quantitative estimate of drug-likeness (QED) is 0.291. The van der Waals surface area contributed by atoms with Crippen molar-refractivity contribution in [1.29, 1.82) is 0 Å². The van der Waals surface area contributed by atoms with Gasteiger partial charge in [-0.2, -0.15) is 13.2 Å². The van der Waals surface area contributed by atoms with Crippen LogP contribution >= 0.6 is 0 Å². The second kappa shape index (κ2) is 11.8. The molecule has 0 atom stereocenters. The van der Waals surface area contributed by atoms with Gasteiger partial charge < -0.3 is 25.0 Å². The number of aryl methyl sites for hydroxylation is 1. The molecule has 3 heterocycles. The van der Waals surface area contributed by atoms with Crippen LogP contribution in [0.3, 0.4) is 0 Å². The Morgan fingerprint density at radius 3 is 2.59 bits per heavy atom. The first-order chi connectivity index (χ1) is 19.7. The average molecular weight is 565 g/mol. The Morgan fingerprint density at radius 2 is 1.83 bits per heavy atom. The zero-order valence-electron chi connectivity index (χ0n) is 22.3. The van der Waals surface area contributed by atoms with Gasteiger partial charge in [-0.15, -0.1) is 0 Å². The van der Waals surface area contributed by atoms with E-state index >= 15 is 0 Å². The highest BCUT2D eigenvalue weighted by molar-refractivity contribution is 6.06. The average Bonchev–Trinajstić information content (AvgIpc) is 2.98. The maximum atomic E-state index is 13.5. The van der Waals surface area contributed by atoms with E-state index in [0.29, 0.717) is 54.9 Å². The third-order valence-electron chi connectivity index (χ3n) is 6.51. The molecule has 0 saturated carbocycles. The molecule has 1 aliphatic rings. The molecular formula is C29H27F3N6O3. The summed E-state index contributed by atoms with van der Waals surface area (Å²) >= 11 is 0. The molecule has 1 aliphatic heterocycles. The highest BCUT2D eigenvalue weighted by atomic mass is 19.4. The molecule has 1 amide bonds. The molecule has 5 rings (SSSR count). The van der Waals surface area contributed by atoms with Crippen molar-refractivity contribution in [2.24, 2.45) is 0 Å². The summed E-state index contributed by atoms with van der Waals surface area (Å²) in [6.07, 6.45) is -1.38. The Hall–Kier alpha value is -4.71. The van der Waals surface area contributed by atoms with Crippen LogP contribution in [0.15, 0.2) is 67.0 Å². The number of rotatable bonds is 7. The van der Waals surface area contributed by atoms with Gasteiger partial charge in [-0.25, -0.2) is 15.0 Å². The largest absolute Gasteiger partial charge is 0.438 e. The van der Waals surface area contributed by atoms with Crippen LogP contribution in [-0.2, 0) is 10.9 Å². The smallest absolute Gasteiger partial charge is 0.416 e. The number of hydrogen-bond acceptors (Lipinski definition) is 8. The molecule has 2 aromatic heterocycles. The van der Waals surface area contributed by atoms with Gasteiger partial charge in [0.2, 0.25) is 11.8 Å². The van der Waals surface area contributed by atoms with Crippen molar-refractivity contribution in [2.45, 2.75) is 13.1 Å². The van der Waals surface area contributed by atoms with Gasteiger partial charge in [0.05, 0.1) is 41.4 Å². The number of amides is 1. The van der Waals surface area contributed by atoms with Crippen molar-refractivity contribution >= 4 is 23.2 Å². The Balaban J connectivity index is 1.44. The van der Waals surface area contributed by atoms with Gasteiger partial charge in [0.1, 0.15) is 5.75 Å². The highest BCUT2D eigenvalue weighted by Crippen LogP contribution is 2.37. The predicted molar refractivity (Wildman–Crippen MR) is 148 cm³/mol. The Morgan fingerprint density at radius 1 is 1.02 bits per heavy atom. The minimum atomic E-state index is -4.56. The minimum absolute atomic E-state index is 0.0610. The molecule has 212 valence electrons. The maximum absolute atomic E-state index is 13.5. The summed E-state index contributed by atoms with van der Waals surface area (Å²) in [7, 11) is 1.71. The summed E-state index contributed by atoms with van der Waals surface area (Å²) in [5, 5.41) is 5.57. The molecule has 41 heavy (non-hydrogen) atoms. The number of carbonyl (C=O) groups excluding carboxylic acids is 1. The molecule has 0 aliphatic carbocycles. The van der Waals surface area contributed by atoms with E-state index in [-0.39, 0.29) is 17.1 Å². The van der Waals surface area contributed by atoms with Crippen molar-refractivity contribution in [3.63, 3.8) is 0 Å². The lowest BCUT2D eigenvalue weighted by molar-refractivity contribution is -0.137. The van der Waals surface area contributed by atoms with Gasteiger partial charge in [0.15, 0.2) is 0 Å². The van der Waals surface area contributed by atoms with Crippen LogP contribution in [0.25, 0.3) is 11.3 Å². The summed E-state index contributed by atoms with van der Waals surface area (Å²) in [6.45, 7) is 3.67. The number of aromatic nitrogens is 3. The lowest BCUT2D eigenvalue weighted by atomic mass is 10.1. The number of nitrogens with zero attached hydrogens (tertiary/aromatic N) is 4. The predicted octanol–water partition coefficient (Wildman–Crippen LogP) is 5.79. The molecule has 2 aromatic carbocycles. The monoisotopic (exact) mass is 564 g/mol.